The van der Waals surface area contributed by atoms with E-state index in [0.29, 0.717) is 16.7 Å². The molecule has 0 spiro atoms. The Bertz CT molecular complexity index is 738. The second kappa shape index (κ2) is 6.17. The van der Waals surface area contributed by atoms with Crippen LogP contribution in [0.15, 0.2) is 29.1 Å². The van der Waals surface area contributed by atoms with E-state index in [-0.39, 0.29) is 30.5 Å². The van der Waals surface area contributed by atoms with E-state index in [0.717, 1.165) is 0 Å². The van der Waals surface area contributed by atoms with Crippen LogP contribution in [-0.4, -0.2) is 40.3 Å². The monoisotopic (exact) mass is 288 g/mol. The van der Waals surface area contributed by atoms with Gasteiger partial charge in [-0.05, 0) is 12.1 Å². The topological polar surface area (TPSA) is 95.2 Å². The zero-order chi connectivity index (χ0) is 15.4. The minimum atomic E-state index is -0.269. The van der Waals surface area contributed by atoms with Crippen LogP contribution in [0, 0.1) is 0 Å². The van der Waals surface area contributed by atoms with Gasteiger partial charge in [-0.15, -0.1) is 0 Å². The molecule has 110 valence electrons. The summed E-state index contributed by atoms with van der Waals surface area (Å²) in [7, 11) is 1.58. The highest BCUT2D eigenvalue weighted by Gasteiger charge is 2.11. The number of nitrogens with zero attached hydrogens (tertiary/aromatic N) is 2. The number of aromatic amines is 1. The number of H-pyrrole nitrogens is 1. The summed E-state index contributed by atoms with van der Waals surface area (Å²) in [6, 6.07) is 7.00. The van der Waals surface area contributed by atoms with Gasteiger partial charge >= 0.3 is 0 Å². The zero-order valence-corrected chi connectivity index (χ0v) is 11.8. The third kappa shape index (κ3) is 3.65. The number of likely N-dealkylation sites (N-methyl/N-ethyl adjacent to an activating group) is 1. The Balaban J connectivity index is 2.14. The lowest BCUT2D eigenvalue weighted by Crippen LogP contribution is -2.37. The van der Waals surface area contributed by atoms with E-state index in [2.05, 4.69) is 15.3 Å². The fourth-order valence-electron chi connectivity index (χ4n) is 1.86. The second-order valence-electron chi connectivity index (χ2n) is 4.69. The van der Waals surface area contributed by atoms with E-state index >= 15 is 0 Å². The minimum absolute atomic E-state index is 0.0797. The maximum Gasteiger partial charge on any atom is 0.258 e. The van der Waals surface area contributed by atoms with Gasteiger partial charge in [0.2, 0.25) is 11.8 Å². The molecular weight excluding hydrogens is 272 g/mol. The first kappa shape index (κ1) is 14.7. The Labute approximate surface area is 121 Å². The molecule has 0 aliphatic rings. The molecule has 0 saturated heterocycles. The van der Waals surface area contributed by atoms with Crippen LogP contribution < -0.4 is 10.9 Å². The van der Waals surface area contributed by atoms with Gasteiger partial charge in [-0.25, -0.2) is 4.98 Å². The Morgan fingerprint density at radius 2 is 2.05 bits per heavy atom. The number of hydrogen-bond donors (Lipinski definition) is 2. The van der Waals surface area contributed by atoms with Gasteiger partial charge in [0.1, 0.15) is 5.82 Å². The van der Waals surface area contributed by atoms with Gasteiger partial charge in [0.15, 0.2) is 0 Å². The summed E-state index contributed by atoms with van der Waals surface area (Å²) in [6.45, 7) is 1.43. The highest BCUT2D eigenvalue weighted by molar-refractivity contribution is 5.83. The molecule has 0 fully saturated rings. The average Bonchev–Trinajstić information content (AvgIpc) is 2.44. The third-order valence-electron chi connectivity index (χ3n) is 2.96. The number of fused-ring (bicyclic) bond motifs is 1. The highest BCUT2D eigenvalue weighted by Crippen LogP contribution is 2.06. The lowest BCUT2D eigenvalue weighted by molar-refractivity contribution is -0.131. The van der Waals surface area contributed by atoms with Gasteiger partial charge in [-0.3, -0.25) is 14.4 Å². The largest absolute Gasteiger partial charge is 0.347 e. The van der Waals surface area contributed by atoms with Crippen LogP contribution in [0.5, 0.6) is 0 Å². The van der Waals surface area contributed by atoms with Gasteiger partial charge in [0.25, 0.3) is 5.56 Å². The van der Waals surface area contributed by atoms with Crippen molar-refractivity contribution in [3.63, 3.8) is 0 Å². The molecule has 2 N–H and O–H groups in total. The number of aromatic nitrogens is 2. The number of rotatable bonds is 4. The molecule has 2 aromatic rings. The first-order valence-corrected chi connectivity index (χ1v) is 6.43. The average molecular weight is 288 g/mol. The third-order valence-corrected chi connectivity index (χ3v) is 2.96. The maximum atomic E-state index is 11.9. The molecule has 0 aliphatic carbocycles. The molecule has 1 aromatic carbocycles. The number of nitrogens with one attached hydrogen (secondary N) is 2. The van der Waals surface area contributed by atoms with E-state index in [9.17, 15) is 14.4 Å². The second-order valence-corrected chi connectivity index (χ2v) is 4.69. The van der Waals surface area contributed by atoms with Crippen molar-refractivity contribution >= 4 is 22.7 Å². The van der Waals surface area contributed by atoms with Crippen LogP contribution in [0.1, 0.15) is 12.7 Å². The van der Waals surface area contributed by atoms with Crippen molar-refractivity contribution in [3.8, 4) is 0 Å². The summed E-state index contributed by atoms with van der Waals surface area (Å²) in [5.74, 6) is -0.132. The lowest BCUT2D eigenvalue weighted by Gasteiger charge is -2.16. The van der Waals surface area contributed by atoms with Gasteiger partial charge < -0.3 is 15.2 Å². The maximum absolute atomic E-state index is 11.9. The molecule has 1 heterocycles. The molecule has 0 radical (unpaired) electrons. The van der Waals surface area contributed by atoms with E-state index in [1.54, 1.807) is 31.3 Å². The molecule has 0 saturated carbocycles. The molecule has 2 amide bonds. The predicted molar refractivity (Wildman–Crippen MR) is 77.5 cm³/mol. The van der Waals surface area contributed by atoms with Crippen molar-refractivity contribution in [2.45, 2.75) is 13.5 Å². The molecule has 0 unspecified atom stereocenters. The number of benzene rings is 1. The van der Waals surface area contributed by atoms with Crippen LogP contribution >= 0.6 is 0 Å². The van der Waals surface area contributed by atoms with E-state index in [1.165, 1.54) is 11.8 Å². The molecule has 7 heteroatoms. The Morgan fingerprint density at radius 1 is 1.33 bits per heavy atom. The van der Waals surface area contributed by atoms with E-state index < -0.39 is 0 Å². The van der Waals surface area contributed by atoms with Crippen LogP contribution in [0.4, 0.5) is 0 Å². The lowest BCUT2D eigenvalue weighted by atomic mass is 10.2. The number of carbonyl (C=O) groups excluding carboxylic acids is 2. The van der Waals surface area contributed by atoms with Crippen molar-refractivity contribution in [1.82, 2.24) is 20.2 Å². The molecule has 0 bridgehead atoms. The standard InChI is InChI=1S/C14H16N4O3/c1-9(19)15-7-13(20)18(2)8-12-16-11-6-4-3-5-10(11)14(21)17-12/h3-6H,7-8H2,1-2H3,(H,15,19)(H,16,17,21). The predicted octanol–water partition coefficient (Wildman–Crippen LogP) is 0.0176. The molecule has 2 rings (SSSR count). The minimum Gasteiger partial charge on any atom is -0.347 e. The quantitative estimate of drug-likeness (QED) is 0.829. The van der Waals surface area contributed by atoms with Crippen molar-refractivity contribution in [2.75, 3.05) is 13.6 Å². The molecular formula is C14H16N4O3. The fourth-order valence-corrected chi connectivity index (χ4v) is 1.86. The van der Waals surface area contributed by atoms with Crippen molar-refractivity contribution in [2.24, 2.45) is 0 Å². The van der Waals surface area contributed by atoms with Crippen LogP contribution in [0.3, 0.4) is 0 Å². The van der Waals surface area contributed by atoms with Crippen molar-refractivity contribution in [3.05, 3.63) is 40.4 Å². The molecule has 1 aromatic heterocycles. The van der Waals surface area contributed by atoms with Crippen LogP contribution in [0.25, 0.3) is 10.9 Å². The zero-order valence-electron chi connectivity index (χ0n) is 11.8. The van der Waals surface area contributed by atoms with Crippen molar-refractivity contribution in [1.29, 1.82) is 0 Å². The number of para-hydroxylation sites is 1. The van der Waals surface area contributed by atoms with E-state index in [1.807, 2.05) is 0 Å². The molecule has 0 atom stereocenters. The summed E-state index contributed by atoms with van der Waals surface area (Å²) in [5, 5.41) is 2.94. The van der Waals surface area contributed by atoms with Gasteiger partial charge in [0.05, 0.1) is 24.0 Å². The number of carbonyl (C=O) groups is 2. The summed E-state index contributed by atoms with van der Waals surface area (Å²) < 4.78 is 0. The summed E-state index contributed by atoms with van der Waals surface area (Å²) in [5.41, 5.74) is 0.345. The summed E-state index contributed by atoms with van der Waals surface area (Å²) >= 11 is 0. The van der Waals surface area contributed by atoms with Gasteiger partial charge in [-0.1, -0.05) is 12.1 Å². The fraction of sp³-hybridized carbons (Fsp3) is 0.286. The highest BCUT2D eigenvalue weighted by atomic mass is 16.2. The van der Waals surface area contributed by atoms with Gasteiger partial charge in [-0.2, -0.15) is 0 Å². The van der Waals surface area contributed by atoms with Crippen LogP contribution in [-0.2, 0) is 16.1 Å². The normalized spacial score (nSPS) is 10.4. The van der Waals surface area contributed by atoms with Gasteiger partial charge in [0, 0.05) is 14.0 Å². The Morgan fingerprint density at radius 3 is 2.76 bits per heavy atom. The first-order valence-electron chi connectivity index (χ1n) is 6.43. The SMILES string of the molecule is CC(=O)NCC(=O)N(C)Cc1nc2ccccc2c(=O)[nH]1. The number of amides is 2. The molecule has 0 aliphatic heterocycles. The first-order chi connectivity index (χ1) is 9.97. The van der Waals surface area contributed by atoms with Crippen LogP contribution in [0.2, 0.25) is 0 Å². The van der Waals surface area contributed by atoms with Crippen molar-refractivity contribution < 1.29 is 9.59 Å². The Hall–Kier alpha value is -2.70. The smallest absolute Gasteiger partial charge is 0.258 e. The molecule has 21 heavy (non-hydrogen) atoms. The Kier molecular flexibility index (Phi) is 4.32. The molecule has 7 nitrogen and oxygen atoms in total. The van der Waals surface area contributed by atoms with E-state index in [4.69, 9.17) is 0 Å². The number of hydrogen-bond acceptors (Lipinski definition) is 4. The summed E-state index contributed by atoms with van der Waals surface area (Å²) in [4.78, 5) is 42.8. The summed E-state index contributed by atoms with van der Waals surface area (Å²) in [6.07, 6.45) is 0.